The first-order chi connectivity index (χ1) is 10.1. The normalized spacial score (nSPS) is 14.3. The van der Waals surface area contributed by atoms with Crippen molar-refractivity contribution >= 4 is 17.4 Å². The van der Waals surface area contributed by atoms with Crippen LogP contribution in [0.2, 0.25) is 0 Å². The van der Waals surface area contributed by atoms with Gasteiger partial charge in [-0.2, -0.15) is 5.26 Å². The van der Waals surface area contributed by atoms with E-state index in [1.165, 1.54) is 12.3 Å². The molecule has 2 N–H and O–H groups in total. The molecule has 9 heteroatoms. The van der Waals surface area contributed by atoms with Crippen LogP contribution in [0, 0.1) is 21.4 Å². The number of hydrogen-bond donors (Lipinski definition) is 2. The van der Waals surface area contributed by atoms with E-state index in [-0.39, 0.29) is 23.8 Å². The van der Waals surface area contributed by atoms with E-state index in [1.807, 2.05) is 0 Å². The number of piperazine rings is 1. The summed E-state index contributed by atoms with van der Waals surface area (Å²) in [5.74, 6) is -0.225. The van der Waals surface area contributed by atoms with Crippen LogP contribution < -0.4 is 10.6 Å². The lowest BCUT2D eigenvalue weighted by Gasteiger charge is -2.27. The van der Waals surface area contributed by atoms with Crippen LogP contribution in [-0.4, -0.2) is 53.4 Å². The van der Waals surface area contributed by atoms with Crippen molar-refractivity contribution in [1.29, 1.82) is 5.26 Å². The maximum absolute atomic E-state index is 12.0. The predicted octanol–water partition coefficient (Wildman–Crippen LogP) is -0.295. The summed E-state index contributed by atoms with van der Waals surface area (Å²) in [5.41, 5.74) is -0.500. The van der Waals surface area contributed by atoms with Crippen LogP contribution >= 0.6 is 0 Å². The second kappa shape index (κ2) is 6.62. The van der Waals surface area contributed by atoms with Crippen molar-refractivity contribution in [1.82, 2.24) is 15.2 Å². The summed E-state index contributed by atoms with van der Waals surface area (Å²) in [4.78, 5) is 27.8. The minimum Gasteiger partial charge on any atom is -0.355 e. The Hall–Kier alpha value is -2.73. The first-order valence-corrected chi connectivity index (χ1v) is 6.39. The third-order valence-electron chi connectivity index (χ3n) is 3.10. The quantitative estimate of drug-likeness (QED) is 0.576. The van der Waals surface area contributed by atoms with Gasteiger partial charge in [0.15, 0.2) is 0 Å². The van der Waals surface area contributed by atoms with Gasteiger partial charge in [-0.15, -0.1) is 0 Å². The van der Waals surface area contributed by atoms with Crippen molar-refractivity contribution in [3.63, 3.8) is 0 Å². The number of nitrogens with zero attached hydrogens (tertiary/aromatic N) is 4. The zero-order valence-corrected chi connectivity index (χ0v) is 11.2. The molecule has 0 saturated carbocycles. The van der Waals surface area contributed by atoms with Crippen molar-refractivity contribution in [2.24, 2.45) is 0 Å². The molecule has 1 aromatic rings. The zero-order chi connectivity index (χ0) is 15.2. The number of amides is 1. The fourth-order valence-electron chi connectivity index (χ4n) is 2.04. The van der Waals surface area contributed by atoms with Crippen LogP contribution in [0.25, 0.3) is 0 Å². The van der Waals surface area contributed by atoms with Gasteiger partial charge in [0, 0.05) is 32.4 Å². The highest BCUT2D eigenvalue weighted by Crippen LogP contribution is 2.25. The van der Waals surface area contributed by atoms with E-state index in [0.717, 1.165) is 13.1 Å². The van der Waals surface area contributed by atoms with Crippen molar-refractivity contribution in [2.45, 2.75) is 0 Å². The lowest BCUT2D eigenvalue weighted by atomic mass is 10.2. The predicted molar refractivity (Wildman–Crippen MR) is 73.5 cm³/mol. The molecule has 2 rings (SSSR count). The summed E-state index contributed by atoms with van der Waals surface area (Å²) in [6.45, 7) is 2.58. The Bertz CT molecular complexity index is 591. The van der Waals surface area contributed by atoms with E-state index in [2.05, 4.69) is 15.6 Å². The van der Waals surface area contributed by atoms with Gasteiger partial charge in [-0.25, -0.2) is 4.98 Å². The van der Waals surface area contributed by atoms with Crippen molar-refractivity contribution in [2.75, 3.05) is 38.0 Å². The number of pyridine rings is 1. The largest absolute Gasteiger partial charge is 0.355 e. The summed E-state index contributed by atoms with van der Waals surface area (Å²) in [6, 6.07) is 3.01. The molecule has 1 aromatic heterocycles. The summed E-state index contributed by atoms with van der Waals surface area (Å²) in [6.07, 6.45) is 1.29. The van der Waals surface area contributed by atoms with Crippen LogP contribution in [0.1, 0.15) is 5.56 Å². The average molecular weight is 290 g/mol. The highest BCUT2D eigenvalue weighted by Gasteiger charge is 2.22. The Morgan fingerprint density at radius 3 is 2.90 bits per heavy atom. The maximum Gasteiger partial charge on any atom is 0.328 e. The Balaban J connectivity index is 2.08. The molecule has 1 amide bonds. The number of nitrogens with one attached hydrogen (secondary N) is 2. The summed E-state index contributed by atoms with van der Waals surface area (Å²) in [7, 11) is 0. The maximum atomic E-state index is 12.0. The number of hydrogen-bond acceptors (Lipinski definition) is 7. The second-order valence-corrected chi connectivity index (χ2v) is 4.41. The highest BCUT2D eigenvalue weighted by molar-refractivity contribution is 5.81. The molecule has 2 heterocycles. The minimum absolute atomic E-state index is 0.0671. The van der Waals surface area contributed by atoms with E-state index < -0.39 is 10.6 Å². The number of nitriles is 1. The van der Waals surface area contributed by atoms with Crippen LogP contribution in [-0.2, 0) is 4.79 Å². The Labute approximate surface area is 120 Å². The van der Waals surface area contributed by atoms with Crippen molar-refractivity contribution in [3.8, 4) is 6.07 Å². The molecule has 1 aliphatic rings. The van der Waals surface area contributed by atoms with E-state index in [1.54, 1.807) is 11.0 Å². The molecule has 1 fully saturated rings. The summed E-state index contributed by atoms with van der Waals surface area (Å²) in [5, 5.41) is 25.7. The van der Waals surface area contributed by atoms with E-state index >= 15 is 0 Å². The SMILES string of the molecule is N#Cc1ccnc(NCC(=O)N2CCNCC2)c1[N+](=O)[O-]. The van der Waals surface area contributed by atoms with Crippen LogP contribution in [0.15, 0.2) is 12.3 Å². The van der Waals surface area contributed by atoms with Gasteiger partial charge >= 0.3 is 5.69 Å². The first-order valence-electron chi connectivity index (χ1n) is 6.39. The van der Waals surface area contributed by atoms with Gasteiger partial charge in [0.1, 0.15) is 11.6 Å². The van der Waals surface area contributed by atoms with Gasteiger partial charge in [0.25, 0.3) is 0 Å². The average Bonchev–Trinajstić information content (AvgIpc) is 2.52. The third kappa shape index (κ3) is 3.43. The standard InChI is InChI=1S/C12H14N6O3/c13-7-9-1-2-15-12(11(9)18(20)21)16-8-10(19)17-5-3-14-4-6-17/h1-2,14H,3-6,8H2,(H,15,16). The van der Waals surface area contributed by atoms with Gasteiger partial charge in [0.2, 0.25) is 11.7 Å². The number of carbonyl (C=O) groups is 1. The fraction of sp³-hybridized carbons (Fsp3) is 0.417. The molecule has 1 aliphatic heterocycles. The van der Waals surface area contributed by atoms with E-state index in [0.29, 0.717) is 13.1 Å². The smallest absolute Gasteiger partial charge is 0.328 e. The van der Waals surface area contributed by atoms with Crippen LogP contribution in [0.3, 0.4) is 0 Å². The van der Waals surface area contributed by atoms with Gasteiger partial charge in [-0.3, -0.25) is 14.9 Å². The first kappa shape index (κ1) is 14.7. The monoisotopic (exact) mass is 290 g/mol. The number of aromatic nitrogens is 1. The number of carbonyl (C=O) groups excluding carboxylic acids is 1. The molecule has 0 atom stereocenters. The molecule has 0 bridgehead atoms. The summed E-state index contributed by atoms with van der Waals surface area (Å²) >= 11 is 0. The Morgan fingerprint density at radius 1 is 1.57 bits per heavy atom. The molecule has 9 nitrogen and oxygen atoms in total. The summed E-state index contributed by atoms with van der Waals surface area (Å²) < 4.78 is 0. The van der Waals surface area contributed by atoms with Crippen LogP contribution in [0.5, 0.6) is 0 Å². The van der Waals surface area contributed by atoms with Crippen molar-refractivity contribution in [3.05, 3.63) is 27.9 Å². The molecule has 0 radical (unpaired) electrons. The Kier molecular flexibility index (Phi) is 4.63. The number of anilines is 1. The fourth-order valence-corrected chi connectivity index (χ4v) is 2.04. The topological polar surface area (TPSA) is 124 Å². The van der Waals surface area contributed by atoms with Crippen LogP contribution in [0.4, 0.5) is 11.5 Å². The van der Waals surface area contributed by atoms with Crippen molar-refractivity contribution < 1.29 is 9.72 Å². The Morgan fingerprint density at radius 2 is 2.29 bits per heavy atom. The molecule has 0 aliphatic carbocycles. The molecule has 0 aromatic carbocycles. The highest BCUT2D eigenvalue weighted by atomic mass is 16.6. The lowest BCUT2D eigenvalue weighted by molar-refractivity contribution is -0.384. The molecule has 1 saturated heterocycles. The second-order valence-electron chi connectivity index (χ2n) is 4.41. The van der Waals surface area contributed by atoms with E-state index in [9.17, 15) is 14.9 Å². The van der Waals surface area contributed by atoms with E-state index in [4.69, 9.17) is 5.26 Å². The minimum atomic E-state index is -0.677. The molecule has 0 spiro atoms. The van der Waals surface area contributed by atoms with Gasteiger partial charge in [-0.1, -0.05) is 0 Å². The molecule has 110 valence electrons. The number of rotatable bonds is 4. The zero-order valence-electron chi connectivity index (χ0n) is 11.2. The molecular formula is C12H14N6O3. The van der Waals surface area contributed by atoms with Gasteiger partial charge < -0.3 is 15.5 Å². The number of nitro groups is 1. The lowest BCUT2D eigenvalue weighted by Crippen LogP contribution is -2.48. The third-order valence-corrected chi connectivity index (χ3v) is 3.10. The molecule has 21 heavy (non-hydrogen) atoms. The van der Waals surface area contributed by atoms with Gasteiger partial charge in [-0.05, 0) is 6.07 Å². The molecular weight excluding hydrogens is 276 g/mol. The van der Waals surface area contributed by atoms with Gasteiger partial charge in [0.05, 0.1) is 11.5 Å². The molecule has 0 unspecified atom stereocenters.